The zero-order valence-corrected chi connectivity index (χ0v) is 16.6. The van der Waals surface area contributed by atoms with Crippen molar-refractivity contribution in [1.29, 1.82) is 0 Å². The minimum Gasteiger partial charge on any atom is -0.493 e. The molecule has 0 aromatic heterocycles. The molecule has 6 heteroatoms. The van der Waals surface area contributed by atoms with Gasteiger partial charge in [-0.15, -0.1) is 0 Å². The molecule has 0 N–H and O–H groups in total. The fourth-order valence-electron chi connectivity index (χ4n) is 2.57. The molecule has 2 rings (SSSR count). The average Bonchev–Trinajstić information content (AvgIpc) is 2.62. The molecule has 0 aliphatic carbocycles. The molecule has 0 aliphatic rings. The molecule has 2 aromatic rings. The van der Waals surface area contributed by atoms with E-state index in [-0.39, 0.29) is 5.92 Å². The number of aryl methyl sites for hydroxylation is 1. The van der Waals surface area contributed by atoms with E-state index in [4.69, 9.17) is 30.5 Å². The second-order valence-corrected chi connectivity index (χ2v) is 6.50. The van der Waals surface area contributed by atoms with Crippen molar-refractivity contribution < 1.29 is 23.7 Å². The molecule has 2 aromatic carbocycles. The fourth-order valence-corrected chi connectivity index (χ4v) is 2.74. The number of methoxy groups -OCH3 is 3. The maximum atomic E-state index is 12.7. The topological polar surface area (TPSA) is 54.0 Å². The predicted molar refractivity (Wildman–Crippen MR) is 101 cm³/mol. The third-order valence-electron chi connectivity index (χ3n) is 4.02. The third-order valence-corrected chi connectivity index (χ3v) is 4.42. The van der Waals surface area contributed by atoms with Crippen molar-refractivity contribution in [2.45, 2.75) is 26.7 Å². The van der Waals surface area contributed by atoms with Crippen molar-refractivity contribution in [3.8, 4) is 23.0 Å². The number of halogens is 1. The molecule has 0 bridgehead atoms. The van der Waals surface area contributed by atoms with Gasteiger partial charge in [-0.1, -0.05) is 25.4 Å². The molecule has 0 radical (unpaired) electrons. The Bertz CT molecular complexity index is 789. The van der Waals surface area contributed by atoms with E-state index in [1.165, 1.54) is 21.3 Å². The molecule has 0 unspecified atom stereocenters. The van der Waals surface area contributed by atoms with Gasteiger partial charge in [-0.3, -0.25) is 0 Å². The Morgan fingerprint density at radius 3 is 1.96 bits per heavy atom. The Hall–Kier alpha value is -2.40. The van der Waals surface area contributed by atoms with Gasteiger partial charge in [0.2, 0.25) is 5.75 Å². The number of esters is 1. The summed E-state index contributed by atoms with van der Waals surface area (Å²) >= 11 is 6.21. The molecule has 0 atom stereocenters. The van der Waals surface area contributed by atoms with E-state index < -0.39 is 5.97 Å². The monoisotopic (exact) mass is 378 g/mol. The van der Waals surface area contributed by atoms with Crippen LogP contribution in [-0.2, 0) is 0 Å². The van der Waals surface area contributed by atoms with Crippen LogP contribution in [0.1, 0.15) is 41.3 Å². The van der Waals surface area contributed by atoms with Crippen molar-refractivity contribution in [1.82, 2.24) is 0 Å². The molecule has 0 aliphatic heterocycles. The molecule has 0 amide bonds. The lowest BCUT2D eigenvalue weighted by atomic mass is 10.0. The summed E-state index contributed by atoms with van der Waals surface area (Å²) in [6.45, 7) is 5.89. The summed E-state index contributed by atoms with van der Waals surface area (Å²) in [6, 6.07) is 6.72. The smallest absolute Gasteiger partial charge is 0.343 e. The minimum absolute atomic E-state index is 0.149. The highest BCUT2D eigenvalue weighted by molar-refractivity contribution is 6.31. The van der Waals surface area contributed by atoms with Gasteiger partial charge in [-0.25, -0.2) is 4.79 Å². The Balaban J connectivity index is 2.44. The zero-order chi connectivity index (χ0) is 19.4. The summed E-state index contributed by atoms with van der Waals surface area (Å²) < 4.78 is 21.5. The lowest BCUT2D eigenvalue weighted by Gasteiger charge is -2.16. The fraction of sp³-hybridized carbons (Fsp3) is 0.350. The summed E-state index contributed by atoms with van der Waals surface area (Å²) in [5.41, 5.74) is 1.99. The first-order valence-corrected chi connectivity index (χ1v) is 8.52. The molecule has 26 heavy (non-hydrogen) atoms. The van der Waals surface area contributed by atoms with Crippen molar-refractivity contribution in [3.63, 3.8) is 0 Å². The Labute approximate surface area is 158 Å². The van der Waals surface area contributed by atoms with E-state index in [0.29, 0.717) is 33.6 Å². The number of ether oxygens (including phenoxy) is 4. The van der Waals surface area contributed by atoms with Gasteiger partial charge < -0.3 is 18.9 Å². The van der Waals surface area contributed by atoms with E-state index in [0.717, 1.165) is 11.1 Å². The average molecular weight is 379 g/mol. The molecule has 0 fully saturated rings. The SMILES string of the molecule is COc1cc(C(=O)Oc2cc(C)c(Cl)cc2C(C)C)cc(OC)c1OC. The molecule has 0 saturated heterocycles. The maximum absolute atomic E-state index is 12.7. The zero-order valence-electron chi connectivity index (χ0n) is 15.8. The number of carbonyl (C=O) groups is 1. The standard InChI is InChI=1S/C20H23ClO5/c1-11(2)14-10-15(21)12(3)7-16(14)26-20(22)13-8-17(23-4)19(25-6)18(9-13)24-5/h7-11H,1-6H3. The highest BCUT2D eigenvalue weighted by Gasteiger charge is 2.20. The van der Waals surface area contributed by atoms with Crippen LogP contribution in [0.4, 0.5) is 0 Å². The largest absolute Gasteiger partial charge is 0.493 e. The molecular weight excluding hydrogens is 356 g/mol. The van der Waals surface area contributed by atoms with Gasteiger partial charge in [0.25, 0.3) is 0 Å². The van der Waals surface area contributed by atoms with Gasteiger partial charge in [0.1, 0.15) is 5.75 Å². The number of hydrogen-bond donors (Lipinski definition) is 0. The van der Waals surface area contributed by atoms with Crippen molar-refractivity contribution in [3.05, 3.63) is 46.0 Å². The van der Waals surface area contributed by atoms with Crippen LogP contribution in [0.3, 0.4) is 0 Å². The first-order valence-electron chi connectivity index (χ1n) is 8.14. The van der Waals surface area contributed by atoms with Gasteiger partial charge in [0.05, 0.1) is 26.9 Å². The highest BCUT2D eigenvalue weighted by atomic mass is 35.5. The molecule has 140 valence electrons. The number of benzene rings is 2. The second-order valence-electron chi connectivity index (χ2n) is 6.10. The molecule has 0 heterocycles. The number of carbonyl (C=O) groups excluding carboxylic acids is 1. The molecule has 0 saturated carbocycles. The van der Waals surface area contributed by atoms with Crippen molar-refractivity contribution >= 4 is 17.6 Å². The first kappa shape index (κ1) is 19.9. The first-order chi connectivity index (χ1) is 12.3. The van der Waals surface area contributed by atoms with Crippen LogP contribution < -0.4 is 18.9 Å². The lowest BCUT2D eigenvalue weighted by Crippen LogP contribution is -2.11. The summed E-state index contributed by atoms with van der Waals surface area (Å²) in [4.78, 5) is 12.7. The maximum Gasteiger partial charge on any atom is 0.343 e. The summed E-state index contributed by atoms with van der Waals surface area (Å²) in [5, 5.41) is 0.640. The molecular formula is C20H23ClO5. The van der Waals surface area contributed by atoms with Gasteiger partial charge in [0, 0.05) is 5.02 Å². The molecule has 5 nitrogen and oxygen atoms in total. The normalized spacial score (nSPS) is 10.6. The van der Waals surface area contributed by atoms with Crippen LogP contribution in [0.5, 0.6) is 23.0 Å². The summed E-state index contributed by atoms with van der Waals surface area (Å²) in [7, 11) is 4.49. The summed E-state index contributed by atoms with van der Waals surface area (Å²) in [6.07, 6.45) is 0. The minimum atomic E-state index is -0.520. The van der Waals surface area contributed by atoms with E-state index in [1.807, 2.05) is 26.8 Å². The molecule has 0 spiro atoms. The van der Waals surface area contributed by atoms with Crippen LogP contribution in [0.2, 0.25) is 5.02 Å². The van der Waals surface area contributed by atoms with Crippen molar-refractivity contribution in [2.75, 3.05) is 21.3 Å². The van der Waals surface area contributed by atoms with Crippen LogP contribution >= 0.6 is 11.6 Å². The van der Waals surface area contributed by atoms with Crippen molar-refractivity contribution in [2.24, 2.45) is 0 Å². The van der Waals surface area contributed by atoms with Crippen LogP contribution in [-0.4, -0.2) is 27.3 Å². The van der Waals surface area contributed by atoms with Crippen LogP contribution in [0.15, 0.2) is 24.3 Å². The van der Waals surface area contributed by atoms with Crippen LogP contribution in [0, 0.1) is 6.92 Å². The van der Waals surface area contributed by atoms with Gasteiger partial charge >= 0.3 is 5.97 Å². The van der Waals surface area contributed by atoms with Gasteiger partial charge in [0.15, 0.2) is 11.5 Å². The Morgan fingerprint density at radius 1 is 0.923 bits per heavy atom. The van der Waals surface area contributed by atoms with E-state index in [2.05, 4.69) is 0 Å². The predicted octanol–water partition coefficient (Wildman–Crippen LogP) is 5.02. The van der Waals surface area contributed by atoms with E-state index in [1.54, 1.807) is 18.2 Å². The highest BCUT2D eigenvalue weighted by Crippen LogP contribution is 2.39. The van der Waals surface area contributed by atoms with Crippen LogP contribution in [0.25, 0.3) is 0 Å². The Morgan fingerprint density at radius 2 is 1.50 bits per heavy atom. The van der Waals surface area contributed by atoms with Gasteiger partial charge in [-0.05, 0) is 48.2 Å². The Kier molecular flexibility index (Phi) is 6.37. The number of hydrogen-bond acceptors (Lipinski definition) is 5. The second kappa shape index (κ2) is 8.32. The van der Waals surface area contributed by atoms with Gasteiger partial charge in [-0.2, -0.15) is 0 Å². The summed E-state index contributed by atoms with van der Waals surface area (Å²) in [5.74, 6) is 1.30. The number of rotatable bonds is 6. The lowest BCUT2D eigenvalue weighted by molar-refractivity contribution is 0.0732. The van der Waals surface area contributed by atoms with E-state index in [9.17, 15) is 4.79 Å². The van der Waals surface area contributed by atoms with E-state index >= 15 is 0 Å². The quantitative estimate of drug-likeness (QED) is 0.522. The third kappa shape index (κ3) is 4.05.